The molecule has 7 fully saturated rings. The first-order valence-electron chi connectivity index (χ1n) is 30.8. The molecule has 14 atom stereocenters. The number of fused-ring (bicyclic) bond motifs is 5. The highest BCUT2D eigenvalue weighted by Gasteiger charge is 2.61. The van der Waals surface area contributed by atoms with E-state index in [1.54, 1.807) is 27.8 Å². The van der Waals surface area contributed by atoms with Crippen molar-refractivity contribution < 1.29 is 47.7 Å². The molecule has 17 heteroatoms. The molecule has 0 radical (unpaired) electrons. The van der Waals surface area contributed by atoms with Crippen molar-refractivity contribution in [2.24, 2.45) is 71.0 Å². The van der Waals surface area contributed by atoms with Gasteiger partial charge in [-0.15, -0.1) is 0 Å². The van der Waals surface area contributed by atoms with E-state index in [0.29, 0.717) is 68.5 Å². The third-order valence-electron chi connectivity index (χ3n) is 20.8. The molecule has 8 rings (SSSR count). The van der Waals surface area contributed by atoms with Gasteiger partial charge in [0.2, 0.25) is 35.4 Å². The number of hydrogen-bond donors (Lipinski definition) is 4. The van der Waals surface area contributed by atoms with Crippen LogP contribution in [0, 0.1) is 58.2 Å². The molecule has 4 aliphatic carbocycles. The van der Waals surface area contributed by atoms with Gasteiger partial charge in [-0.3, -0.25) is 38.4 Å². The van der Waals surface area contributed by atoms with Crippen LogP contribution in [-0.2, 0) is 45.3 Å². The summed E-state index contributed by atoms with van der Waals surface area (Å²) in [4.78, 5) is 115. The van der Waals surface area contributed by atoms with Gasteiger partial charge in [0, 0.05) is 32.1 Å². The number of likely N-dealkylation sites (tertiary alicyclic amines) is 3. The number of nitrogens with one attached hydrogen (secondary N) is 3. The third kappa shape index (κ3) is 13.5. The summed E-state index contributed by atoms with van der Waals surface area (Å²) < 4.78 is 7.89. The maximum Gasteiger partial charge on any atom is 0.325 e. The molecular formula is C62H97N8O9+. The van der Waals surface area contributed by atoms with Crippen molar-refractivity contribution in [3.05, 3.63) is 30.1 Å². The Bertz CT molecular complexity index is 2400. The Morgan fingerprint density at radius 3 is 2.09 bits per heavy atom. The number of aromatic nitrogens is 1. The van der Waals surface area contributed by atoms with Crippen LogP contribution in [-0.4, -0.2) is 125 Å². The zero-order valence-corrected chi connectivity index (χ0v) is 49.1. The van der Waals surface area contributed by atoms with E-state index in [1.807, 2.05) is 27.1 Å². The largest absolute Gasteiger partial charge is 0.461 e. The number of nitrogens with two attached hydrogens (primary N) is 1. The van der Waals surface area contributed by atoms with Crippen LogP contribution in [0.15, 0.2) is 24.5 Å². The number of amides is 7. The van der Waals surface area contributed by atoms with Crippen molar-refractivity contribution in [1.82, 2.24) is 30.7 Å². The Kier molecular flexibility index (Phi) is 19.6. The predicted molar refractivity (Wildman–Crippen MR) is 299 cm³/mol. The molecular weight excluding hydrogens is 1000 g/mol. The lowest BCUT2D eigenvalue weighted by atomic mass is 9.44. The molecule has 7 amide bonds. The fourth-order valence-corrected chi connectivity index (χ4v) is 16.8. The lowest BCUT2D eigenvalue weighted by Crippen LogP contribution is -2.59. The molecule has 1 aromatic rings. The van der Waals surface area contributed by atoms with E-state index < -0.39 is 65.7 Å². The maximum atomic E-state index is 14.5. The molecule has 17 nitrogen and oxygen atoms in total. The molecule has 0 spiro atoms. The van der Waals surface area contributed by atoms with Gasteiger partial charge in [-0.05, 0) is 173 Å². The Morgan fingerprint density at radius 1 is 0.722 bits per heavy atom. The number of carbonyl (C=O) groups is 8. The zero-order valence-electron chi connectivity index (χ0n) is 49.1. The summed E-state index contributed by atoms with van der Waals surface area (Å²) in [6.07, 6.45) is 20.6. The van der Waals surface area contributed by atoms with E-state index in [9.17, 15) is 38.4 Å². The zero-order chi connectivity index (χ0) is 56.9. The molecule has 438 valence electrons. The second-order valence-corrected chi connectivity index (χ2v) is 26.8. The van der Waals surface area contributed by atoms with E-state index in [4.69, 9.17) is 10.5 Å². The van der Waals surface area contributed by atoms with Gasteiger partial charge in [0.05, 0.1) is 0 Å². The Labute approximate surface area is 470 Å². The summed E-state index contributed by atoms with van der Waals surface area (Å²) in [5, 5.41) is 8.41. The summed E-state index contributed by atoms with van der Waals surface area (Å²) >= 11 is 0. The molecule has 3 aliphatic heterocycles. The Hall–Kier alpha value is -5.09. The van der Waals surface area contributed by atoms with Crippen LogP contribution >= 0.6 is 0 Å². The van der Waals surface area contributed by atoms with Gasteiger partial charge in [0.25, 0.3) is 5.91 Å². The van der Waals surface area contributed by atoms with Gasteiger partial charge >= 0.3 is 5.97 Å². The van der Waals surface area contributed by atoms with Crippen LogP contribution in [0.1, 0.15) is 194 Å². The van der Waals surface area contributed by atoms with Gasteiger partial charge in [-0.2, -0.15) is 0 Å². The number of carbonyl (C=O) groups excluding carboxylic acids is 8. The molecule has 4 heterocycles. The van der Waals surface area contributed by atoms with Crippen LogP contribution in [0.4, 0.5) is 0 Å². The van der Waals surface area contributed by atoms with Gasteiger partial charge in [-0.25, -0.2) is 4.57 Å². The normalized spacial score (nSPS) is 31.4. The summed E-state index contributed by atoms with van der Waals surface area (Å²) in [6, 6.07) is -1.41. The van der Waals surface area contributed by atoms with Crippen LogP contribution < -0.4 is 26.3 Å². The maximum absolute atomic E-state index is 14.5. The van der Waals surface area contributed by atoms with Gasteiger partial charge in [0.15, 0.2) is 12.4 Å². The summed E-state index contributed by atoms with van der Waals surface area (Å²) in [6.45, 7) is 16.9. The minimum atomic E-state index is -1.28. The van der Waals surface area contributed by atoms with E-state index >= 15 is 0 Å². The molecule has 5 N–H and O–H groups in total. The summed E-state index contributed by atoms with van der Waals surface area (Å²) in [5.41, 5.74) is 6.68. The van der Waals surface area contributed by atoms with E-state index in [0.717, 1.165) is 54.8 Å². The minimum absolute atomic E-state index is 0.0633. The second kappa shape index (κ2) is 25.8. The van der Waals surface area contributed by atoms with E-state index in [-0.39, 0.29) is 61.6 Å². The van der Waals surface area contributed by atoms with E-state index in [1.165, 1.54) is 67.6 Å². The summed E-state index contributed by atoms with van der Waals surface area (Å²) in [7, 11) is 1.82. The van der Waals surface area contributed by atoms with Gasteiger partial charge in [-0.1, -0.05) is 67.7 Å². The van der Waals surface area contributed by atoms with Gasteiger partial charge < -0.3 is 41.1 Å². The fourth-order valence-electron chi connectivity index (χ4n) is 16.8. The molecule has 0 bridgehead atoms. The highest BCUT2D eigenvalue weighted by Crippen LogP contribution is 2.68. The number of ether oxygens (including phenoxy) is 1. The smallest absolute Gasteiger partial charge is 0.325 e. The average Bonchev–Trinajstić information content (AvgIpc) is 4.26. The van der Waals surface area contributed by atoms with Crippen LogP contribution in [0.5, 0.6) is 0 Å². The standard InChI is InChI=1S/C62H96N8O9/c1-38(2)14-9-15-40(5)45-22-23-46-44-21-20-42-35-43(26-28-61(42,6)47(44)27-29-62(45,46)7)79-54(72)36-64-56(74)50-17-11-31-68(50)59(77)49(34-39(3)4)66-55(73)48(24-25-53(63)71)65-57(75)51-18-12-32-69(51)60(78)52-19-13-33-70(52)58(76)41-16-10-30-67(8)37-41/h10,16,30,37-40,42-52H,9,11-15,17-29,31-36H2,1-8H3,(H4-,63,64,65,66,71,73,74,75)/p+1/t40-,42?,43?,44+,45-,46+,47+,48+,49+,50+,51+,52+,61+,62-/m1/s1. The first-order chi connectivity index (χ1) is 37.6. The minimum Gasteiger partial charge on any atom is -0.461 e. The van der Waals surface area contributed by atoms with Crippen molar-refractivity contribution in [3.8, 4) is 0 Å². The fraction of sp³-hybridized carbons (Fsp3) is 0.790. The lowest BCUT2D eigenvalue weighted by Gasteiger charge is -2.61. The number of hydrogen-bond acceptors (Lipinski definition) is 9. The van der Waals surface area contributed by atoms with Crippen molar-refractivity contribution in [2.45, 2.75) is 220 Å². The number of aryl methyl sites for hydroxylation is 1. The van der Waals surface area contributed by atoms with Crippen molar-refractivity contribution in [2.75, 3.05) is 26.2 Å². The molecule has 7 aliphatic rings. The highest BCUT2D eigenvalue weighted by atomic mass is 16.5. The lowest BCUT2D eigenvalue weighted by molar-refractivity contribution is -0.671. The van der Waals surface area contributed by atoms with Crippen LogP contribution in [0.25, 0.3) is 0 Å². The number of primary amides is 1. The van der Waals surface area contributed by atoms with E-state index in [2.05, 4.69) is 50.6 Å². The first-order valence-corrected chi connectivity index (χ1v) is 30.8. The molecule has 4 saturated carbocycles. The third-order valence-corrected chi connectivity index (χ3v) is 20.8. The molecule has 1 aromatic heterocycles. The van der Waals surface area contributed by atoms with Crippen LogP contribution in [0.2, 0.25) is 0 Å². The Morgan fingerprint density at radius 2 is 1.39 bits per heavy atom. The number of esters is 1. The van der Waals surface area contributed by atoms with Crippen molar-refractivity contribution >= 4 is 47.3 Å². The molecule has 3 saturated heterocycles. The number of rotatable bonds is 21. The quantitative estimate of drug-likeness (QED) is 0.0776. The molecule has 79 heavy (non-hydrogen) atoms. The number of nitrogens with zero attached hydrogens (tertiary/aromatic N) is 4. The Balaban J connectivity index is 0.830. The average molecular weight is 1100 g/mol. The number of pyridine rings is 1. The topological polar surface area (TPSA) is 222 Å². The summed E-state index contributed by atoms with van der Waals surface area (Å²) in [5.74, 6) is 1.17. The monoisotopic (exact) mass is 1100 g/mol. The van der Waals surface area contributed by atoms with Gasteiger partial charge in [0.1, 0.15) is 55.5 Å². The predicted octanol–water partition coefficient (Wildman–Crippen LogP) is 6.53. The first kappa shape index (κ1) is 60.0. The SMILES string of the molecule is CC(C)CCC[C@@H](C)[C@H]1CC[C@H]2[C@@H]3CCC4CC(OC(=O)CNC(=O)[C@@H]5CCCN5C(=O)[C@H](CC(C)C)NC(=O)[C@H](CCC(N)=O)NC(=O)[C@@H]5CCCN5C(=O)[C@@H]5CCCN5C(=O)c5ccc[n+](C)c5)CC[C@]4(C)[C@H]3CC[C@]12C. The van der Waals surface area contributed by atoms with Crippen molar-refractivity contribution in [1.29, 1.82) is 0 Å². The highest BCUT2D eigenvalue weighted by molar-refractivity contribution is 5.99. The second-order valence-electron chi connectivity index (χ2n) is 26.8. The van der Waals surface area contributed by atoms with Crippen molar-refractivity contribution in [3.63, 3.8) is 0 Å². The van der Waals surface area contributed by atoms with Crippen LogP contribution in [0.3, 0.4) is 0 Å². The molecule has 0 aromatic carbocycles. The molecule has 2 unspecified atom stereocenters.